The second-order valence-corrected chi connectivity index (χ2v) is 12.2. The monoisotopic (exact) mass is 567 g/mol. The van der Waals surface area contributed by atoms with Crippen molar-refractivity contribution in [1.82, 2.24) is 0 Å². The molecule has 0 spiro atoms. The zero-order valence-electron chi connectivity index (χ0n) is 27.6. The first-order valence-corrected chi connectivity index (χ1v) is 18.3. The molecule has 0 rings (SSSR count). The van der Waals surface area contributed by atoms with E-state index in [2.05, 4.69) is 26.0 Å². The molecule has 1 N–H and O–H groups in total. The predicted molar refractivity (Wildman–Crippen MR) is 177 cm³/mol. The molecule has 0 heterocycles. The summed E-state index contributed by atoms with van der Waals surface area (Å²) >= 11 is 0. The Morgan fingerprint density at radius 2 is 0.775 bits per heavy atom. The summed E-state index contributed by atoms with van der Waals surface area (Å²) in [4.78, 5) is 0. The van der Waals surface area contributed by atoms with Gasteiger partial charge in [0.2, 0.25) is 0 Å². The van der Waals surface area contributed by atoms with Crippen LogP contribution in [-0.4, -0.2) is 31.2 Å². The van der Waals surface area contributed by atoms with Crippen LogP contribution in [0.3, 0.4) is 0 Å². The maximum Gasteiger partial charge on any atom is 0.157 e. The second kappa shape index (κ2) is 36.6. The fourth-order valence-corrected chi connectivity index (χ4v) is 5.41. The molecule has 0 aromatic carbocycles. The highest BCUT2D eigenvalue weighted by atomic mass is 16.7. The van der Waals surface area contributed by atoms with Gasteiger partial charge in [0.05, 0.1) is 0 Å². The van der Waals surface area contributed by atoms with Crippen LogP contribution < -0.4 is 0 Å². The summed E-state index contributed by atoms with van der Waals surface area (Å²) in [5, 5.41) is 8.78. The molecule has 0 aliphatic carbocycles. The lowest BCUT2D eigenvalue weighted by Gasteiger charge is -2.19. The van der Waals surface area contributed by atoms with Crippen molar-refractivity contribution in [2.24, 2.45) is 0 Å². The maximum absolute atomic E-state index is 8.78. The van der Waals surface area contributed by atoms with Crippen molar-refractivity contribution in [2.75, 3.05) is 19.8 Å². The summed E-state index contributed by atoms with van der Waals surface area (Å²) in [6, 6.07) is 0. The Morgan fingerprint density at radius 3 is 1.20 bits per heavy atom. The van der Waals surface area contributed by atoms with Gasteiger partial charge in [-0.3, -0.25) is 0 Å². The fourth-order valence-electron chi connectivity index (χ4n) is 5.41. The van der Waals surface area contributed by atoms with Gasteiger partial charge in [-0.1, -0.05) is 167 Å². The van der Waals surface area contributed by atoms with E-state index in [9.17, 15) is 0 Å². The smallest absolute Gasteiger partial charge is 0.157 e. The van der Waals surface area contributed by atoms with E-state index in [4.69, 9.17) is 14.6 Å². The lowest BCUT2D eigenvalue weighted by molar-refractivity contribution is -0.148. The lowest BCUT2D eigenvalue weighted by atomic mass is 10.0. The summed E-state index contributed by atoms with van der Waals surface area (Å²) in [7, 11) is 0. The van der Waals surface area contributed by atoms with Gasteiger partial charge >= 0.3 is 0 Å². The van der Waals surface area contributed by atoms with Gasteiger partial charge < -0.3 is 14.6 Å². The Labute approximate surface area is 252 Å². The Balaban J connectivity index is 3.84. The van der Waals surface area contributed by atoms with Gasteiger partial charge in [-0.05, 0) is 44.9 Å². The Morgan fingerprint density at radius 1 is 0.425 bits per heavy atom. The van der Waals surface area contributed by atoms with Gasteiger partial charge in [0.15, 0.2) is 6.29 Å². The van der Waals surface area contributed by atoms with Gasteiger partial charge in [-0.2, -0.15) is 0 Å². The highest BCUT2D eigenvalue weighted by Gasteiger charge is 2.09. The van der Waals surface area contributed by atoms with Crippen molar-refractivity contribution >= 4 is 0 Å². The molecule has 240 valence electrons. The average molecular weight is 567 g/mol. The molecular weight excluding hydrogens is 492 g/mol. The zero-order chi connectivity index (χ0) is 29.0. The fraction of sp³-hybridized carbons (Fsp3) is 0.946. The van der Waals surface area contributed by atoms with Crippen LogP contribution in [0.2, 0.25) is 0 Å². The molecule has 0 aliphatic rings. The number of aliphatic hydroxyl groups excluding tert-OH is 1. The van der Waals surface area contributed by atoms with Crippen LogP contribution in [0.4, 0.5) is 0 Å². The molecule has 40 heavy (non-hydrogen) atoms. The van der Waals surface area contributed by atoms with E-state index in [0.717, 1.165) is 26.1 Å². The van der Waals surface area contributed by atoms with Crippen molar-refractivity contribution in [1.29, 1.82) is 0 Å². The molecule has 3 heteroatoms. The van der Waals surface area contributed by atoms with Crippen molar-refractivity contribution in [3.05, 3.63) is 12.2 Å². The highest BCUT2D eigenvalue weighted by Crippen LogP contribution is 2.16. The lowest BCUT2D eigenvalue weighted by Crippen LogP contribution is -2.19. The maximum atomic E-state index is 8.78. The Bertz CT molecular complexity index is 442. The molecule has 0 aromatic heterocycles. The minimum absolute atomic E-state index is 0.0209. The summed E-state index contributed by atoms with van der Waals surface area (Å²) < 4.78 is 12.5. The van der Waals surface area contributed by atoms with Crippen LogP contribution >= 0.6 is 0 Å². The molecule has 0 aliphatic heterocycles. The van der Waals surface area contributed by atoms with E-state index < -0.39 is 0 Å². The van der Waals surface area contributed by atoms with Crippen LogP contribution in [0.25, 0.3) is 0 Å². The molecule has 0 saturated heterocycles. The first kappa shape index (κ1) is 39.6. The first-order valence-electron chi connectivity index (χ1n) is 18.3. The number of hydrogen-bond acceptors (Lipinski definition) is 3. The largest absolute Gasteiger partial charge is 0.396 e. The molecule has 0 radical (unpaired) electrons. The second-order valence-electron chi connectivity index (χ2n) is 12.2. The molecule has 0 amide bonds. The van der Waals surface area contributed by atoms with E-state index in [1.54, 1.807) is 0 Å². The molecule has 0 fully saturated rings. The highest BCUT2D eigenvalue weighted by molar-refractivity contribution is 4.80. The quantitative estimate of drug-likeness (QED) is 0.0471. The first-order chi connectivity index (χ1) is 19.8. The Hall–Kier alpha value is -0.380. The van der Waals surface area contributed by atoms with Crippen LogP contribution in [0.5, 0.6) is 0 Å². The number of unbranched alkanes of at least 4 members (excludes halogenated alkanes) is 24. The normalized spacial score (nSPS) is 11.9. The molecule has 0 atom stereocenters. The molecule has 0 unspecified atom stereocenters. The van der Waals surface area contributed by atoms with Gasteiger partial charge in [0.1, 0.15) is 0 Å². The van der Waals surface area contributed by atoms with E-state index in [0.29, 0.717) is 0 Å². The predicted octanol–water partition coefficient (Wildman–Crippen LogP) is 12.2. The van der Waals surface area contributed by atoms with Gasteiger partial charge in [0, 0.05) is 19.8 Å². The van der Waals surface area contributed by atoms with Crippen molar-refractivity contribution in [3.8, 4) is 0 Å². The minimum atomic E-state index is 0.0209. The van der Waals surface area contributed by atoms with E-state index in [1.165, 1.54) is 173 Å². The standard InChI is InChI=1S/C37H74O3/c1-3-5-7-9-11-23-27-31-35-39-37(40-36-32-28-24-12-10-8-6-4-2)33-29-25-21-19-17-15-13-14-16-18-20-22-26-30-34-38/h22,26,37-38H,3-21,23-25,27-36H2,1-2H3/b26-22+. The third-order valence-corrected chi connectivity index (χ3v) is 8.13. The Kier molecular flexibility index (Phi) is 36.3. The number of hydrogen-bond donors (Lipinski definition) is 1. The molecule has 0 bridgehead atoms. The summed E-state index contributed by atoms with van der Waals surface area (Å²) in [5.41, 5.74) is 0. The zero-order valence-corrected chi connectivity index (χ0v) is 27.6. The summed E-state index contributed by atoms with van der Waals surface area (Å²) in [5.74, 6) is 0. The van der Waals surface area contributed by atoms with Crippen molar-refractivity contribution in [2.45, 2.75) is 206 Å². The molecule has 0 saturated carbocycles. The third-order valence-electron chi connectivity index (χ3n) is 8.13. The molecule has 0 aromatic rings. The summed E-state index contributed by atoms with van der Waals surface area (Å²) in [6.07, 6.45) is 42.5. The van der Waals surface area contributed by atoms with Crippen molar-refractivity contribution in [3.63, 3.8) is 0 Å². The number of allylic oxidation sites excluding steroid dienone is 1. The van der Waals surface area contributed by atoms with Gasteiger partial charge in [-0.15, -0.1) is 0 Å². The van der Waals surface area contributed by atoms with Crippen LogP contribution in [0.15, 0.2) is 12.2 Å². The van der Waals surface area contributed by atoms with E-state index >= 15 is 0 Å². The molecular formula is C37H74O3. The minimum Gasteiger partial charge on any atom is -0.396 e. The SMILES string of the molecule is CCCCCCCCCCOC(CCCCCCCCCCCC/C=C/CCO)OCCCCCCCCCC. The van der Waals surface area contributed by atoms with Gasteiger partial charge in [-0.25, -0.2) is 0 Å². The topological polar surface area (TPSA) is 38.7 Å². The van der Waals surface area contributed by atoms with Gasteiger partial charge in [0.25, 0.3) is 0 Å². The van der Waals surface area contributed by atoms with Crippen LogP contribution in [0.1, 0.15) is 200 Å². The average Bonchev–Trinajstić information content (AvgIpc) is 2.97. The van der Waals surface area contributed by atoms with E-state index in [-0.39, 0.29) is 12.9 Å². The molecule has 3 nitrogen and oxygen atoms in total. The number of rotatable bonds is 35. The third kappa shape index (κ3) is 33.8. The number of ether oxygens (including phenoxy) is 2. The van der Waals surface area contributed by atoms with Crippen LogP contribution in [0, 0.1) is 0 Å². The van der Waals surface area contributed by atoms with Crippen molar-refractivity contribution < 1.29 is 14.6 Å². The van der Waals surface area contributed by atoms with E-state index in [1.807, 2.05) is 0 Å². The van der Waals surface area contributed by atoms with Crippen LogP contribution in [-0.2, 0) is 9.47 Å². The number of aliphatic hydroxyl groups is 1. The summed E-state index contributed by atoms with van der Waals surface area (Å²) in [6.45, 7) is 6.60.